The van der Waals surface area contributed by atoms with Gasteiger partial charge in [0.1, 0.15) is 12.1 Å². The lowest BCUT2D eigenvalue weighted by molar-refractivity contribution is -0.149. The van der Waals surface area contributed by atoms with Crippen molar-refractivity contribution in [3.8, 4) is 0 Å². The maximum atomic E-state index is 13.6. The number of carbonyl (C=O) groups is 2. The van der Waals surface area contributed by atoms with Crippen molar-refractivity contribution in [3.05, 3.63) is 33.1 Å². The minimum absolute atomic E-state index is 0.0913. The van der Waals surface area contributed by atoms with Crippen LogP contribution in [-0.2, 0) is 32.7 Å². The Balaban J connectivity index is 2.15. The molecule has 14 nitrogen and oxygen atoms in total. The summed E-state index contributed by atoms with van der Waals surface area (Å²) in [5, 5.41) is 23.0. The van der Waals surface area contributed by atoms with Crippen molar-refractivity contribution < 1.29 is 42.9 Å². The van der Waals surface area contributed by atoms with Crippen LogP contribution in [0.1, 0.15) is 47.8 Å². The molecule has 1 aromatic rings. The van der Waals surface area contributed by atoms with Gasteiger partial charge in [0.25, 0.3) is 5.56 Å². The first kappa shape index (κ1) is 33.4. The molecule has 1 aromatic heterocycles. The number of aliphatic hydroxyl groups is 2. The van der Waals surface area contributed by atoms with E-state index in [9.17, 15) is 34.0 Å². The lowest BCUT2D eigenvalue weighted by Gasteiger charge is -2.25. The Morgan fingerprint density at radius 1 is 1.26 bits per heavy atom. The van der Waals surface area contributed by atoms with E-state index in [1.807, 2.05) is 0 Å². The van der Waals surface area contributed by atoms with Gasteiger partial charge in [-0.2, -0.15) is 0 Å². The van der Waals surface area contributed by atoms with Gasteiger partial charge in [0.05, 0.1) is 32.0 Å². The van der Waals surface area contributed by atoms with Crippen LogP contribution in [0, 0.1) is 11.3 Å². The summed E-state index contributed by atoms with van der Waals surface area (Å²) >= 11 is 0.997. The van der Waals surface area contributed by atoms with Crippen LogP contribution < -0.4 is 16.3 Å². The van der Waals surface area contributed by atoms with Crippen LogP contribution in [0.5, 0.6) is 0 Å². The SMILES string of the molecule is CC(C)OC(=O)[C@@H](C)N[P@](=O)(OCCSC(=O)C(C)(C)C)OC[C@H]1O[C@@H](n2ccc(=O)[nH]c2=O)[C@H](O)[C@@H]1CO. The van der Waals surface area contributed by atoms with E-state index in [-0.39, 0.29) is 17.5 Å². The monoisotopic (exact) mass is 595 g/mol. The summed E-state index contributed by atoms with van der Waals surface area (Å²) in [6.45, 7) is 8.81. The molecule has 1 aliphatic heterocycles. The molecule has 0 aliphatic carbocycles. The summed E-state index contributed by atoms with van der Waals surface area (Å²) in [7, 11) is -4.23. The minimum Gasteiger partial charge on any atom is -0.462 e. The van der Waals surface area contributed by atoms with Gasteiger partial charge in [-0.25, -0.2) is 14.4 Å². The first-order valence-electron chi connectivity index (χ1n) is 12.4. The Kier molecular flexibility index (Phi) is 12.1. The molecule has 4 N–H and O–H groups in total. The molecule has 2 rings (SSSR count). The zero-order valence-corrected chi connectivity index (χ0v) is 24.5. The summed E-state index contributed by atoms with van der Waals surface area (Å²) in [4.78, 5) is 50.1. The zero-order chi connectivity index (χ0) is 29.5. The Morgan fingerprint density at radius 3 is 2.49 bits per heavy atom. The second-order valence-corrected chi connectivity index (χ2v) is 13.1. The first-order chi connectivity index (χ1) is 18.1. The number of nitrogens with one attached hydrogen (secondary N) is 2. The maximum absolute atomic E-state index is 13.6. The first-order valence-corrected chi connectivity index (χ1v) is 14.9. The molecule has 2 heterocycles. The van der Waals surface area contributed by atoms with E-state index in [1.165, 1.54) is 6.92 Å². The fourth-order valence-corrected chi connectivity index (χ4v) is 5.84. The third-order valence-corrected chi connectivity index (χ3v) is 8.48. The van der Waals surface area contributed by atoms with Crippen LogP contribution in [0.15, 0.2) is 21.9 Å². The van der Waals surface area contributed by atoms with Gasteiger partial charge in [-0.3, -0.25) is 33.0 Å². The van der Waals surface area contributed by atoms with E-state index >= 15 is 0 Å². The third-order valence-electron chi connectivity index (χ3n) is 5.51. The minimum atomic E-state index is -4.23. The number of aromatic nitrogens is 2. The maximum Gasteiger partial charge on any atom is 0.406 e. The van der Waals surface area contributed by atoms with Gasteiger partial charge in [0.2, 0.25) is 0 Å². The molecule has 1 saturated heterocycles. The number of H-pyrrole nitrogens is 1. The van der Waals surface area contributed by atoms with E-state index < -0.39 is 80.1 Å². The molecule has 222 valence electrons. The number of esters is 1. The quantitative estimate of drug-likeness (QED) is 0.142. The summed E-state index contributed by atoms with van der Waals surface area (Å²) in [6.07, 6.45) is -2.98. The van der Waals surface area contributed by atoms with Crippen molar-refractivity contribution in [1.82, 2.24) is 14.6 Å². The highest BCUT2D eigenvalue weighted by Crippen LogP contribution is 2.46. The normalized spacial score (nSPS) is 23.9. The summed E-state index contributed by atoms with van der Waals surface area (Å²) in [5.74, 6) is -1.50. The fraction of sp³-hybridized carbons (Fsp3) is 0.739. The molecular weight excluding hydrogens is 557 g/mol. The van der Waals surface area contributed by atoms with E-state index in [0.717, 1.165) is 28.6 Å². The molecule has 0 spiro atoms. The number of ether oxygens (including phenoxy) is 2. The van der Waals surface area contributed by atoms with Gasteiger partial charge < -0.3 is 19.7 Å². The van der Waals surface area contributed by atoms with Crippen LogP contribution >= 0.6 is 19.5 Å². The summed E-state index contributed by atoms with van der Waals surface area (Å²) in [6, 6.07) is -0.0281. The van der Waals surface area contributed by atoms with E-state index in [4.69, 9.17) is 18.5 Å². The van der Waals surface area contributed by atoms with Crippen molar-refractivity contribution >= 4 is 30.6 Å². The Labute approximate surface area is 230 Å². The molecule has 16 heteroatoms. The van der Waals surface area contributed by atoms with Gasteiger partial charge >= 0.3 is 19.4 Å². The Bertz CT molecular complexity index is 1150. The summed E-state index contributed by atoms with van der Waals surface area (Å²) in [5.41, 5.74) is -2.05. The molecule has 0 radical (unpaired) electrons. The average molecular weight is 596 g/mol. The second-order valence-electron chi connectivity index (χ2n) is 10.3. The van der Waals surface area contributed by atoms with Crippen LogP contribution in [-0.4, -0.2) is 80.8 Å². The van der Waals surface area contributed by atoms with E-state index in [2.05, 4.69) is 10.1 Å². The largest absolute Gasteiger partial charge is 0.462 e. The van der Waals surface area contributed by atoms with E-state index in [1.54, 1.807) is 34.6 Å². The molecule has 0 aromatic carbocycles. The number of rotatable bonds is 13. The van der Waals surface area contributed by atoms with Crippen LogP contribution in [0.25, 0.3) is 0 Å². The van der Waals surface area contributed by atoms with Gasteiger partial charge in [-0.15, -0.1) is 0 Å². The van der Waals surface area contributed by atoms with Gasteiger partial charge in [-0.05, 0) is 20.8 Å². The lowest BCUT2D eigenvalue weighted by Crippen LogP contribution is -2.37. The lowest BCUT2D eigenvalue weighted by atomic mass is 9.99. The highest BCUT2D eigenvalue weighted by Gasteiger charge is 2.46. The third kappa shape index (κ3) is 9.64. The number of aliphatic hydroxyl groups excluding tert-OH is 2. The van der Waals surface area contributed by atoms with Crippen molar-refractivity contribution in [1.29, 1.82) is 0 Å². The Morgan fingerprint density at radius 2 is 1.92 bits per heavy atom. The molecule has 1 fully saturated rings. The fourth-order valence-electron chi connectivity index (χ4n) is 3.45. The molecule has 0 bridgehead atoms. The second kappa shape index (κ2) is 14.2. The molecule has 0 amide bonds. The average Bonchev–Trinajstić information content (AvgIpc) is 3.14. The highest BCUT2D eigenvalue weighted by atomic mass is 32.2. The van der Waals surface area contributed by atoms with Crippen molar-refractivity contribution in [2.45, 2.75) is 72.1 Å². The smallest absolute Gasteiger partial charge is 0.406 e. The number of hydrogen-bond acceptors (Lipinski definition) is 12. The molecule has 0 saturated carbocycles. The number of hydrogen-bond donors (Lipinski definition) is 4. The van der Waals surface area contributed by atoms with Crippen LogP contribution in [0.3, 0.4) is 0 Å². The zero-order valence-electron chi connectivity index (χ0n) is 22.8. The van der Waals surface area contributed by atoms with Gasteiger partial charge in [0.15, 0.2) is 11.3 Å². The summed E-state index contributed by atoms with van der Waals surface area (Å²) < 4.78 is 36.5. The van der Waals surface area contributed by atoms with Crippen LogP contribution in [0.4, 0.5) is 0 Å². The topological polar surface area (TPSA) is 195 Å². The van der Waals surface area contributed by atoms with Crippen LogP contribution in [0.2, 0.25) is 0 Å². The molecule has 6 atom stereocenters. The number of aromatic amines is 1. The van der Waals surface area contributed by atoms with Crippen molar-refractivity contribution in [3.63, 3.8) is 0 Å². The molecule has 0 unspecified atom stereocenters. The molecule has 1 aliphatic rings. The predicted octanol–water partition coefficient (Wildman–Crippen LogP) is 0.780. The van der Waals surface area contributed by atoms with Crippen molar-refractivity contribution in [2.24, 2.45) is 11.3 Å². The standard InChI is InChI=1S/C23H38N3O11PS/c1-13(2)36-20(30)14(3)25-38(33,34-9-10-39-21(31)23(4,5)6)35-12-16-15(11-27)18(29)19(37-16)26-8-7-17(28)24-22(26)32/h7-8,13-16,18-19,27,29H,9-12H2,1-6H3,(H,25,33)(H,24,28,32)/t14-,15-,16-,18-,19-,38+/m1/s1. The predicted molar refractivity (Wildman–Crippen MR) is 142 cm³/mol. The Hall–Kier alpha value is -1.84. The number of carbonyl (C=O) groups excluding carboxylic acids is 2. The van der Waals surface area contributed by atoms with Gasteiger partial charge in [-0.1, -0.05) is 32.5 Å². The number of thioether (sulfide) groups is 1. The molecule has 39 heavy (non-hydrogen) atoms. The van der Waals surface area contributed by atoms with Crippen molar-refractivity contribution in [2.75, 3.05) is 25.6 Å². The van der Waals surface area contributed by atoms with Gasteiger partial charge in [0, 0.05) is 29.3 Å². The molecular formula is C23H38N3O11PS. The van der Waals surface area contributed by atoms with E-state index in [0.29, 0.717) is 0 Å². The number of nitrogens with zero attached hydrogens (tertiary/aromatic N) is 1. The highest BCUT2D eigenvalue weighted by molar-refractivity contribution is 8.13.